The van der Waals surface area contributed by atoms with E-state index in [1.165, 1.54) is 0 Å². The summed E-state index contributed by atoms with van der Waals surface area (Å²) in [4.78, 5) is 0. The molecule has 0 radical (unpaired) electrons. The number of alkyl halides is 13. The first-order chi connectivity index (χ1) is 8.81. The fraction of sp³-hybridized carbons (Fsp3) is 1.00. The van der Waals surface area contributed by atoms with Gasteiger partial charge in [0.1, 0.15) is 0 Å². The van der Waals surface area contributed by atoms with Gasteiger partial charge in [0.15, 0.2) is 6.67 Å². The largest absolute Gasteiger partial charge is 0.456 e. The topological polar surface area (TPSA) is 20.2 Å². The first-order valence-corrected chi connectivity index (χ1v) is 4.36. The van der Waals surface area contributed by atoms with Gasteiger partial charge in [-0.05, 0) is 0 Å². The van der Waals surface area contributed by atoms with Crippen LogP contribution in [0.1, 0.15) is 0 Å². The summed E-state index contributed by atoms with van der Waals surface area (Å²) in [7, 11) is 0. The van der Waals surface area contributed by atoms with Crippen LogP contribution in [-0.4, -0.2) is 47.5 Å². The summed E-state index contributed by atoms with van der Waals surface area (Å²) in [6, 6.07) is 0. The summed E-state index contributed by atoms with van der Waals surface area (Å²) < 4.78 is 159. The van der Waals surface area contributed by atoms with Crippen LogP contribution < -0.4 is 0 Å². The minimum atomic E-state index is -7.69. The van der Waals surface area contributed by atoms with E-state index >= 15 is 0 Å². The highest BCUT2D eigenvalue weighted by Gasteiger charge is 2.92. The van der Waals surface area contributed by atoms with Gasteiger partial charge in [0.25, 0.3) is 5.60 Å². The summed E-state index contributed by atoms with van der Waals surface area (Å²) in [5, 5.41) is 8.34. The molecule has 0 rings (SSSR count). The molecule has 0 aliphatic carbocycles. The molecule has 0 aromatic rings. The first-order valence-electron chi connectivity index (χ1n) is 4.36. The minimum Gasteiger partial charge on any atom is -0.373 e. The van der Waals surface area contributed by atoms with Gasteiger partial charge in [-0.2, -0.15) is 52.7 Å². The second-order valence-electron chi connectivity index (χ2n) is 3.69. The van der Waals surface area contributed by atoms with E-state index in [-0.39, 0.29) is 0 Å². The molecule has 0 aromatic heterocycles. The Balaban J connectivity index is 6.62. The highest BCUT2D eigenvalue weighted by atomic mass is 19.4. The quantitative estimate of drug-likeness (QED) is 0.767. The lowest BCUT2D eigenvalue weighted by Crippen LogP contribution is -2.77. The molecule has 0 fully saturated rings. The number of aliphatic hydroxyl groups is 1. The van der Waals surface area contributed by atoms with Gasteiger partial charge in [0, 0.05) is 0 Å². The average molecular weight is 350 g/mol. The van der Waals surface area contributed by atoms with Gasteiger partial charge in [-0.3, -0.25) is 0 Å². The van der Waals surface area contributed by atoms with Crippen LogP contribution in [0.5, 0.6) is 0 Å². The third-order valence-corrected chi connectivity index (χ3v) is 2.32. The van der Waals surface area contributed by atoms with Gasteiger partial charge in [0.05, 0.1) is 0 Å². The van der Waals surface area contributed by atoms with Gasteiger partial charge < -0.3 is 5.11 Å². The standard InChI is InChI=1S/C7H3F13O/c8-1-2(9,10)3(21,4(11,12)6(15,16)17)5(13,14)7(18,19)20/h21H,1H2. The van der Waals surface area contributed by atoms with Crippen molar-refractivity contribution in [3.8, 4) is 0 Å². The lowest BCUT2D eigenvalue weighted by atomic mass is 9.81. The zero-order chi connectivity index (χ0) is 17.7. The number of rotatable bonds is 4. The van der Waals surface area contributed by atoms with Crippen molar-refractivity contribution in [2.45, 2.75) is 35.7 Å². The van der Waals surface area contributed by atoms with E-state index in [9.17, 15) is 57.1 Å². The fourth-order valence-corrected chi connectivity index (χ4v) is 1.16. The van der Waals surface area contributed by atoms with Gasteiger partial charge in [-0.25, -0.2) is 4.39 Å². The number of hydrogen-bond acceptors (Lipinski definition) is 1. The molecule has 1 N–H and O–H groups in total. The van der Waals surface area contributed by atoms with E-state index in [0.717, 1.165) is 0 Å². The Morgan fingerprint density at radius 1 is 0.571 bits per heavy atom. The maximum atomic E-state index is 12.7. The molecule has 128 valence electrons. The summed E-state index contributed by atoms with van der Waals surface area (Å²) >= 11 is 0. The Bertz CT molecular complexity index is 351. The van der Waals surface area contributed by atoms with Crippen molar-refractivity contribution in [3.05, 3.63) is 0 Å². The summed E-state index contributed by atoms with van der Waals surface area (Å²) in [6.45, 7) is -3.83. The molecular formula is C7H3F13O. The Morgan fingerprint density at radius 2 is 0.810 bits per heavy atom. The van der Waals surface area contributed by atoms with E-state index in [4.69, 9.17) is 5.11 Å². The van der Waals surface area contributed by atoms with E-state index in [2.05, 4.69) is 0 Å². The number of hydrogen-bond donors (Lipinski definition) is 1. The SMILES string of the molecule is OC(C(F)(F)CF)(C(F)(F)C(F)(F)F)C(F)(F)C(F)(F)F. The van der Waals surface area contributed by atoms with Crippen LogP contribution in [0.3, 0.4) is 0 Å². The maximum absolute atomic E-state index is 12.7. The monoisotopic (exact) mass is 350 g/mol. The Morgan fingerprint density at radius 3 is 0.952 bits per heavy atom. The van der Waals surface area contributed by atoms with Crippen LogP contribution in [0.4, 0.5) is 57.1 Å². The summed E-state index contributed by atoms with van der Waals surface area (Å²) in [5.74, 6) is -22.1. The van der Waals surface area contributed by atoms with Crippen molar-refractivity contribution in [1.82, 2.24) is 0 Å². The second kappa shape index (κ2) is 4.78. The highest BCUT2D eigenvalue weighted by Crippen LogP contribution is 2.60. The molecular weight excluding hydrogens is 347 g/mol. The second-order valence-corrected chi connectivity index (χ2v) is 3.69. The van der Waals surface area contributed by atoms with Crippen LogP contribution in [-0.2, 0) is 0 Å². The van der Waals surface area contributed by atoms with E-state index in [0.29, 0.717) is 0 Å². The highest BCUT2D eigenvalue weighted by molar-refractivity contribution is 5.16. The van der Waals surface area contributed by atoms with Gasteiger partial charge in [-0.1, -0.05) is 0 Å². The van der Waals surface area contributed by atoms with Gasteiger partial charge >= 0.3 is 30.1 Å². The van der Waals surface area contributed by atoms with Crippen LogP contribution in [0, 0.1) is 0 Å². The summed E-state index contributed by atoms with van der Waals surface area (Å²) in [5.41, 5.74) is -7.42. The number of halogens is 13. The van der Waals surface area contributed by atoms with Crippen molar-refractivity contribution >= 4 is 0 Å². The van der Waals surface area contributed by atoms with E-state index < -0.39 is 42.4 Å². The lowest BCUT2D eigenvalue weighted by Gasteiger charge is -2.44. The molecule has 0 aromatic carbocycles. The summed E-state index contributed by atoms with van der Waals surface area (Å²) in [6.07, 6.45) is -14.9. The predicted octanol–water partition coefficient (Wildman–Crippen LogP) is 3.72. The zero-order valence-corrected chi connectivity index (χ0v) is 9.07. The molecule has 0 saturated carbocycles. The molecule has 0 spiro atoms. The molecule has 0 aliphatic heterocycles. The van der Waals surface area contributed by atoms with Gasteiger partial charge in [-0.15, -0.1) is 0 Å². The molecule has 0 unspecified atom stereocenters. The van der Waals surface area contributed by atoms with Crippen LogP contribution in [0.15, 0.2) is 0 Å². The Labute approximate surface area is 106 Å². The van der Waals surface area contributed by atoms with Crippen LogP contribution >= 0.6 is 0 Å². The Hall–Kier alpha value is -0.950. The molecule has 0 heterocycles. The van der Waals surface area contributed by atoms with Crippen LogP contribution in [0.2, 0.25) is 0 Å². The van der Waals surface area contributed by atoms with Crippen molar-refractivity contribution < 1.29 is 62.2 Å². The van der Waals surface area contributed by atoms with E-state index in [1.54, 1.807) is 0 Å². The zero-order valence-electron chi connectivity index (χ0n) is 9.07. The molecule has 21 heavy (non-hydrogen) atoms. The van der Waals surface area contributed by atoms with Crippen LogP contribution in [0.25, 0.3) is 0 Å². The first kappa shape index (κ1) is 20.1. The average Bonchev–Trinajstić information content (AvgIpc) is 2.23. The van der Waals surface area contributed by atoms with Crippen molar-refractivity contribution in [1.29, 1.82) is 0 Å². The van der Waals surface area contributed by atoms with Gasteiger partial charge in [0.2, 0.25) is 0 Å². The van der Waals surface area contributed by atoms with Crippen molar-refractivity contribution in [2.24, 2.45) is 0 Å². The molecule has 0 aliphatic rings. The Kier molecular flexibility index (Phi) is 4.56. The third-order valence-electron chi connectivity index (χ3n) is 2.32. The van der Waals surface area contributed by atoms with E-state index in [1.807, 2.05) is 0 Å². The molecule has 0 atom stereocenters. The molecule has 0 saturated heterocycles. The molecule has 0 amide bonds. The normalized spacial score (nSPS) is 16.3. The molecule has 1 nitrogen and oxygen atoms in total. The maximum Gasteiger partial charge on any atom is 0.456 e. The lowest BCUT2D eigenvalue weighted by molar-refractivity contribution is -0.460. The molecule has 14 heteroatoms. The minimum absolute atomic E-state index is 3.83. The smallest absolute Gasteiger partial charge is 0.373 e. The van der Waals surface area contributed by atoms with Crippen molar-refractivity contribution in [2.75, 3.05) is 6.67 Å². The van der Waals surface area contributed by atoms with Crippen molar-refractivity contribution in [3.63, 3.8) is 0 Å². The third kappa shape index (κ3) is 2.50. The fourth-order valence-electron chi connectivity index (χ4n) is 1.16. The predicted molar refractivity (Wildman–Crippen MR) is 37.9 cm³/mol. The molecule has 0 bridgehead atoms.